The van der Waals surface area contributed by atoms with Crippen LogP contribution in [0.15, 0.2) is 85.1 Å². The third-order valence-corrected chi connectivity index (χ3v) is 6.04. The summed E-state index contributed by atoms with van der Waals surface area (Å²) in [5.74, 6) is 0. The molecule has 0 bridgehead atoms. The van der Waals surface area contributed by atoms with Crippen molar-refractivity contribution in [3.05, 3.63) is 107 Å². The van der Waals surface area contributed by atoms with E-state index in [0.717, 1.165) is 47.3 Å². The van der Waals surface area contributed by atoms with Gasteiger partial charge in [0.1, 0.15) is 5.69 Å². The Balaban J connectivity index is 1.29. The molecular weight excluding hydrogens is 398 g/mol. The second-order valence-corrected chi connectivity index (χ2v) is 8.15. The SMILES string of the molecule is NC(=O)N1Cc2ccccc2C1c1ccc(-c2cn(CCCc3ccccc3)nn2)cc1. The number of carbonyl (C=O) groups is 1. The van der Waals surface area contributed by atoms with Crippen LogP contribution in [0.3, 0.4) is 0 Å². The summed E-state index contributed by atoms with van der Waals surface area (Å²) in [7, 11) is 0. The lowest BCUT2D eigenvalue weighted by Crippen LogP contribution is -2.34. The standard InChI is InChI=1S/C26H25N5O/c27-26(32)31-17-22-10-4-5-11-23(22)25(31)21-14-12-20(13-15-21)24-18-30(29-28-24)16-6-9-19-7-2-1-3-8-19/h1-5,7-8,10-15,18,25H,6,9,16-17H2,(H2,27,32). The van der Waals surface area contributed by atoms with E-state index in [9.17, 15) is 4.79 Å². The number of urea groups is 1. The Morgan fingerprint density at radius 3 is 2.50 bits per heavy atom. The molecule has 2 N–H and O–H groups in total. The fourth-order valence-electron chi connectivity index (χ4n) is 4.42. The van der Waals surface area contributed by atoms with Crippen LogP contribution in [0.1, 0.15) is 34.7 Å². The van der Waals surface area contributed by atoms with Crippen molar-refractivity contribution >= 4 is 6.03 Å². The van der Waals surface area contributed by atoms with Gasteiger partial charge in [0.15, 0.2) is 0 Å². The minimum Gasteiger partial charge on any atom is -0.351 e. The third-order valence-electron chi connectivity index (χ3n) is 6.04. The molecule has 0 saturated heterocycles. The molecule has 0 spiro atoms. The first-order valence-electron chi connectivity index (χ1n) is 10.9. The minimum absolute atomic E-state index is 0.161. The highest BCUT2D eigenvalue weighted by Gasteiger charge is 2.33. The monoisotopic (exact) mass is 423 g/mol. The number of amides is 2. The maximum absolute atomic E-state index is 12.0. The number of benzene rings is 3. The van der Waals surface area contributed by atoms with Crippen molar-refractivity contribution in [3.63, 3.8) is 0 Å². The third kappa shape index (κ3) is 3.99. The quantitative estimate of drug-likeness (QED) is 0.494. The van der Waals surface area contributed by atoms with Crippen LogP contribution in [-0.2, 0) is 19.5 Å². The Morgan fingerprint density at radius 1 is 0.969 bits per heavy atom. The zero-order valence-corrected chi connectivity index (χ0v) is 17.8. The molecule has 1 unspecified atom stereocenters. The van der Waals surface area contributed by atoms with Crippen LogP contribution < -0.4 is 5.73 Å². The van der Waals surface area contributed by atoms with Crippen LogP contribution in [0.25, 0.3) is 11.3 Å². The summed E-state index contributed by atoms with van der Waals surface area (Å²) in [6.45, 7) is 1.36. The lowest BCUT2D eigenvalue weighted by molar-refractivity contribution is 0.199. The van der Waals surface area contributed by atoms with Crippen molar-refractivity contribution in [1.82, 2.24) is 19.9 Å². The number of rotatable bonds is 6. The molecule has 0 saturated carbocycles. The summed E-state index contributed by atoms with van der Waals surface area (Å²) in [4.78, 5) is 13.8. The molecule has 1 aromatic heterocycles. The summed E-state index contributed by atoms with van der Waals surface area (Å²) in [5, 5.41) is 8.63. The molecule has 2 amide bonds. The van der Waals surface area contributed by atoms with E-state index in [1.54, 1.807) is 4.90 Å². The van der Waals surface area contributed by atoms with Gasteiger partial charge >= 0.3 is 6.03 Å². The van der Waals surface area contributed by atoms with E-state index in [-0.39, 0.29) is 6.04 Å². The molecule has 1 aliphatic heterocycles. The van der Waals surface area contributed by atoms with E-state index in [2.05, 4.69) is 46.7 Å². The van der Waals surface area contributed by atoms with E-state index in [1.165, 1.54) is 5.56 Å². The van der Waals surface area contributed by atoms with Gasteiger partial charge in [0.25, 0.3) is 0 Å². The topological polar surface area (TPSA) is 77.0 Å². The average Bonchev–Trinajstić information content (AvgIpc) is 3.45. The first kappa shape index (κ1) is 20.0. The van der Waals surface area contributed by atoms with Gasteiger partial charge in [0, 0.05) is 18.7 Å². The van der Waals surface area contributed by atoms with E-state index in [4.69, 9.17) is 5.73 Å². The molecule has 4 aromatic rings. The Kier molecular flexibility index (Phi) is 5.42. The Bertz CT molecular complexity index is 1220. The highest BCUT2D eigenvalue weighted by atomic mass is 16.2. The summed E-state index contributed by atoms with van der Waals surface area (Å²) in [5.41, 5.74) is 12.2. The molecule has 6 heteroatoms. The fourth-order valence-corrected chi connectivity index (χ4v) is 4.42. The normalized spacial score (nSPS) is 15.0. The predicted octanol–water partition coefficient (Wildman–Crippen LogP) is 4.56. The van der Waals surface area contributed by atoms with Crippen LogP contribution in [-0.4, -0.2) is 25.9 Å². The number of hydrogen-bond acceptors (Lipinski definition) is 3. The van der Waals surface area contributed by atoms with Gasteiger partial charge in [-0.3, -0.25) is 4.68 Å². The van der Waals surface area contributed by atoms with E-state index in [1.807, 2.05) is 53.3 Å². The lowest BCUT2D eigenvalue weighted by Gasteiger charge is -2.24. The molecular formula is C26H25N5O. The molecule has 3 aromatic carbocycles. The number of primary amides is 1. The Hall–Kier alpha value is -3.93. The van der Waals surface area contributed by atoms with Gasteiger partial charge in [-0.25, -0.2) is 4.79 Å². The van der Waals surface area contributed by atoms with E-state index < -0.39 is 6.03 Å². The van der Waals surface area contributed by atoms with Crippen LogP contribution in [0, 0.1) is 0 Å². The molecule has 0 aliphatic carbocycles. The molecule has 0 radical (unpaired) electrons. The van der Waals surface area contributed by atoms with Crippen LogP contribution in [0.5, 0.6) is 0 Å². The van der Waals surface area contributed by atoms with Crippen LogP contribution in [0.2, 0.25) is 0 Å². The van der Waals surface area contributed by atoms with Crippen LogP contribution in [0.4, 0.5) is 4.79 Å². The highest BCUT2D eigenvalue weighted by molar-refractivity contribution is 5.75. The van der Waals surface area contributed by atoms with Crippen molar-refractivity contribution in [1.29, 1.82) is 0 Å². The molecule has 5 rings (SSSR count). The summed E-state index contributed by atoms with van der Waals surface area (Å²) < 4.78 is 1.90. The first-order chi connectivity index (χ1) is 15.7. The van der Waals surface area contributed by atoms with Gasteiger partial charge in [-0.1, -0.05) is 84.1 Å². The van der Waals surface area contributed by atoms with Crippen LogP contribution >= 0.6 is 0 Å². The zero-order chi connectivity index (χ0) is 21.9. The smallest absolute Gasteiger partial charge is 0.315 e. The van der Waals surface area contributed by atoms with E-state index in [0.29, 0.717) is 6.54 Å². The number of fused-ring (bicyclic) bond motifs is 1. The lowest BCUT2D eigenvalue weighted by atomic mass is 9.97. The molecule has 6 nitrogen and oxygen atoms in total. The van der Waals surface area contributed by atoms with E-state index >= 15 is 0 Å². The number of nitrogens with two attached hydrogens (primary N) is 1. The second kappa shape index (κ2) is 8.67. The van der Waals surface area contributed by atoms with Gasteiger partial charge in [-0.05, 0) is 35.1 Å². The highest BCUT2D eigenvalue weighted by Crippen LogP contribution is 2.38. The molecule has 32 heavy (non-hydrogen) atoms. The predicted molar refractivity (Wildman–Crippen MR) is 124 cm³/mol. The van der Waals surface area contributed by atoms with Gasteiger partial charge in [0.2, 0.25) is 0 Å². The maximum Gasteiger partial charge on any atom is 0.315 e. The molecule has 1 aliphatic rings. The minimum atomic E-state index is -0.409. The fraction of sp³-hybridized carbons (Fsp3) is 0.192. The number of nitrogens with zero attached hydrogens (tertiary/aromatic N) is 4. The number of hydrogen-bond donors (Lipinski definition) is 1. The average molecular weight is 424 g/mol. The van der Waals surface area contributed by atoms with Crippen molar-refractivity contribution in [2.75, 3.05) is 0 Å². The molecule has 160 valence electrons. The van der Waals surface area contributed by atoms with Crippen molar-refractivity contribution in [2.24, 2.45) is 5.73 Å². The molecule has 0 fully saturated rings. The Labute approximate surface area is 187 Å². The number of carbonyl (C=O) groups excluding carboxylic acids is 1. The first-order valence-corrected chi connectivity index (χ1v) is 10.9. The largest absolute Gasteiger partial charge is 0.351 e. The summed E-state index contributed by atoms with van der Waals surface area (Å²) >= 11 is 0. The molecule has 2 heterocycles. The van der Waals surface area contributed by atoms with Gasteiger partial charge in [0.05, 0.1) is 12.2 Å². The number of aromatic nitrogens is 3. The van der Waals surface area contributed by atoms with Crippen molar-refractivity contribution < 1.29 is 4.79 Å². The maximum atomic E-state index is 12.0. The summed E-state index contributed by atoms with van der Waals surface area (Å²) in [6.07, 6.45) is 4.01. The second-order valence-electron chi connectivity index (χ2n) is 8.15. The Morgan fingerprint density at radius 2 is 1.72 bits per heavy atom. The molecule has 1 atom stereocenters. The summed E-state index contributed by atoms with van der Waals surface area (Å²) in [6, 6.07) is 26.2. The van der Waals surface area contributed by atoms with Gasteiger partial charge in [-0.2, -0.15) is 0 Å². The van der Waals surface area contributed by atoms with Gasteiger partial charge < -0.3 is 10.6 Å². The van der Waals surface area contributed by atoms with Crippen molar-refractivity contribution in [2.45, 2.75) is 32.0 Å². The number of aryl methyl sites for hydroxylation is 2. The van der Waals surface area contributed by atoms with Gasteiger partial charge in [-0.15, -0.1) is 5.10 Å². The zero-order valence-electron chi connectivity index (χ0n) is 17.8. The van der Waals surface area contributed by atoms with Crippen molar-refractivity contribution in [3.8, 4) is 11.3 Å².